The predicted molar refractivity (Wildman–Crippen MR) is 259 cm³/mol. The monoisotopic (exact) mass is 822 g/mol. The maximum atomic E-state index is 14.5. The van der Waals surface area contributed by atoms with Crippen molar-refractivity contribution in [1.29, 1.82) is 0 Å². The van der Waals surface area contributed by atoms with E-state index in [0.717, 1.165) is 73.9 Å². The number of allylic oxidation sites excluding steroid dienone is 2. The molecule has 6 aromatic rings. The Morgan fingerprint density at radius 1 is 0.565 bits per heavy atom. The quantitative estimate of drug-likeness (QED) is 0.0477. The molecule has 0 bridgehead atoms. The van der Waals surface area contributed by atoms with Crippen molar-refractivity contribution in [2.75, 3.05) is 28.9 Å². The minimum absolute atomic E-state index is 0.0166. The molecule has 0 amide bonds. The van der Waals surface area contributed by atoms with Gasteiger partial charge in [-0.2, -0.15) is 0 Å². The van der Waals surface area contributed by atoms with Crippen molar-refractivity contribution in [3.63, 3.8) is 0 Å². The van der Waals surface area contributed by atoms with Crippen LogP contribution in [0.15, 0.2) is 120 Å². The van der Waals surface area contributed by atoms with Crippen LogP contribution in [0.3, 0.4) is 0 Å². The molecule has 0 saturated heterocycles. The summed E-state index contributed by atoms with van der Waals surface area (Å²) in [6.07, 6.45) is 14.7. The van der Waals surface area contributed by atoms with Crippen LogP contribution >= 0.6 is 0 Å². The fraction of sp³-hybridized carbons (Fsp3) is 0.308. The Morgan fingerprint density at radius 2 is 1.13 bits per heavy atom. The van der Waals surface area contributed by atoms with Gasteiger partial charge in [0, 0.05) is 38.6 Å². The maximum absolute atomic E-state index is 14.5. The molecule has 2 heterocycles. The average Bonchev–Trinajstić information content (AvgIpc) is 3.30. The predicted octanol–water partition coefficient (Wildman–Crippen LogP) is 9.85. The Bertz CT molecular complexity index is 2750. The molecule has 4 N–H and O–H groups in total. The lowest BCUT2D eigenvalue weighted by Crippen LogP contribution is -2.48. The van der Waals surface area contributed by atoms with E-state index in [4.69, 9.17) is 14.4 Å². The summed E-state index contributed by atoms with van der Waals surface area (Å²) < 4.78 is 12.2. The van der Waals surface area contributed by atoms with E-state index in [1.165, 1.54) is 64.2 Å². The number of ketones is 1. The van der Waals surface area contributed by atoms with Crippen molar-refractivity contribution >= 4 is 80.4 Å². The number of hydrogen-bond acceptors (Lipinski definition) is 8. The highest BCUT2D eigenvalue weighted by molar-refractivity contribution is 6.80. The molecule has 1 aliphatic carbocycles. The molecule has 8 nitrogen and oxygen atoms in total. The summed E-state index contributed by atoms with van der Waals surface area (Å²) in [4.78, 5) is 19.8. The first-order valence-electron chi connectivity index (χ1n) is 23.0. The van der Waals surface area contributed by atoms with Gasteiger partial charge in [-0.05, 0) is 70.9 Å². The summed E-state index contributed by atoms with van der Waals surface area (Å²) in [5.41, 5.74) is 6.00. The number of benzene rings is 6. The van der Waals surface area contributed by atoms with Crippen LogP contribution in [0.4, 0.5) is 17.1 Å². The molecule has 0 aromatic heterocycles. The molecule has 3 aliphatic rings. The number of aliphatic hydroxyl groups excluding tert-OH is 1. The first-order chi connectivity index (χ1) is 30.5. The lowest BCUT2D eigenvalue weighted by molar-refractivity contribution is -0.109. The van der Waals surface area contributed by atoms with Gasteiger partial charge in [-0.1, -0.05) is 151 Å². The second-order valence-electron chi connectivity index (χ2n) is 17.0. The third-order valence-electron chi connectivity index (χ3n) is 12.6. The van der Waals surface area contributed by atoms with Gasteiger partial charge in [-0.15, -0.1) is 0 Å². The fourth-order valence-electron chi connectivity index (χ4n) is 9.19. The topological polar surface area (TPSA) is 104 Å². The normalized spacial score (nSPS) is 14.9. The van der Waals surface area contributed by atoms with Crippen LogP contribution in [0.5, 0.6) is 11.5 Å². The molecule has 0 saturated carbocycles. The number of carbonyl (C=O) groups is 1. The van der Waals surface area contributed by atoms with Crippen molar-refractivity contribution in [2.24, 2.45) is 4.90 Å². The zero-order chi connectivity index (χ0) is 42.4. The summed E-state index contributed by atoms with van der Waals surface area (Å²) in [5, 5.41) is 28.3. The van der Waals surface area contributed by atoms with Crippen LogP contribution in [0.2, 0.25) is 0 Å². The highest BCUT2D eigenvalue weighted by Crippen LogP contribution is 2.45. The van der Waals surface area contributed by atoms with E-state index in [9.17, 15) is 9.90 Å². The molecule has 314 valence electrons. The smallest absolute Gasteiger partial charge is 0.427 e. The summed E-state index contributed by atoms with van der Waals surface area (Å²) >= 11 is 0. The molecule has 0 spiro atoms. The fourth-order valence-corrected chi connectivity index (χ4v) is 9.19. The number of Topliss-reactive ketones (excluding diaryl/α,β-unsaturated/α-hetero) is 1. The molecule has 0 fully saturated rings. The molecule has 0 unspecified atom stereocenters. The Kier molecular flexibility index (Phi) is 12.5. The van der Waals surface area contributed by atoms with Crippen LogP contribution in [0.1, 0.15) is 96.5 Å². The van der Waals surface area contributed by atoms with Crippen molar-refractivity contribution in [1.82, 2.24) is 0 Å². The standard InChI is InChI=1S/C52H56B2N4O4/c1-3-5-7-9-11-13-33-61-39-27-23-37(24-28-39)53-55-43-19-15-17-35-21-31-41(49(57-53)45(35)43)47-51(59)48(52(47)60)42-32-22-36-18-16-20-44-46(36)50(42)58-54(56-44)38-25-29-40(30-26-38)62-34-14-12-10-8-6-4-2/h15-32,55-57,59H,3-14,33-34H2,1-2H3/b48-42-. The summed E-state index contributed by atoms with van der Waals surface area (Å²) in [6, 6.07) is 36.5. The van der Waals surface area contributed by atoms with Crippen LogP contribution in [-0.4, -0.2) is 38.1 Å². The first-order valence-corrected chi connectivity index (χ1v) is 23.0. The number of nitrogens with zero attached hydrogens (tertiary/aromatic N) is 1. The van der Waals surface area contributed by atoms with Gasteiger partial charge in [0.2, 0.25) is 5.78 Å². The van der Waals surface area contributed by atoms with Crippen LogP contribution in [0, 0.1) is 0 Å². The number of rotatable bonds is 19. The molecular weight excluding hydrogens is 766 g/mol. The highest BCUT2D eigenvalue weighted by Gasteiger charge is 2.39. The molecule has 6 aromatic carbocycles. The van der Waals surface area contributed by atoms with Gasteiger partial charge in [-0.3, -0.25) is 4.79 Å². The van der Waals surface area contributed by atoms with Gasteiger partial charge >= 0.3 is 14.0 Å². The zero-order valence-corrected chi connectivity index (χ0v) is 36.1. The highest BCUT2D eigenvalue weighted by atomic mass is 16.5. The molecule has 0 radical (unpaired) electrons. The van der Waals surface area contributed by atoms with Gasteiger partial charge in [0.25, 0.3) is 0 Å². The van der Waals surface area contributed by atoms with Crippen molar-refractivity contribution < 1.29 is 19.4 Å². The number of nitrogens with one attached hydrogen (secondary N) is 3. The molecule has 9 rings (SSSR count). The minimum Gasteiger partial charge on any atom is -0.506 e. The van der Waals surface area contributed by atoms with Crippen LogP contribution < -0.4 is 46.7 Å². The maximum Gasteiger partial charge on any atom is 0.427 e. The SMILES string of the molecule is CCCCCCCCOc1ccc(B2N=c3/c(=C4\C(=O)C(c5ccc6cccc7c6c5NB(c5ccc(OCCCCCCCC)cc5)N7)=C4O)ccc4cccc(c34)N2)cc1. The lowest BCUT2D eigenvalue weighted by atomic mass is 9.65. The van der Waals surface area contributed by atoms with E-state index in [1.807, 2.05) is 66.7 Å². The molecule has 0 atom stereocenters. The van der Waals surface area contributed by atoms with E-state index >= 15 is 0 Å². The summed E-state index contributed by atoms with van der Waals surface area (Å²) in [5.74, 6) is 1.48. The average molecular weight is 823 g/mol. The number of carbonyl (C=O) groups excluding carboxylic acids is 1. The van der Waals surface area contributed by atoms with Crippen molar-refractivity contribution in [2.45, 2.75) is 90.9 Å². The number of unbranched alkanes of at least 4 members (excludes halogenated alkanes) is 10. The lowest BCUT2D eigenvalue weighted by Gasteiger charge is -2.31. The number of hydrogen-bond donors (Lipinski definition) is 4. The summed E-state index contributed by atoms with van der Waals surface area (Å²) in [7, 11) is 0. The van der Waals surface area contributed by atoms with E-state index < -0.39 is 0 Å². The van der Waals surface area contributed by atoms with E-state index in [1.54, 1.807) is 0 Å². The minimum atomic E-state index is -0.388. The van der Waals surface area contributed by atoms with Gasteiger partial charge in [0.1, 0.15) is 17.3 Å². The summed E-state index contributed by atoms with van der Waals surface area (Å²) in [6.45, 7) is 5.25. The van der Waals surface area contributed by atoms with Crippen molar-refractivity contribution in [3.05, 3.63) is 131 Å². The van der Waals surface area contributed by atoms with Crippen LogP contribution in [-0.2, 0) is 4.79 Å². The van der Waals surface area contributed by atoms with E-state index in [-0.39, 0.29) is 31.1 Å². The first kappa shape index (κ1) is 41.2. The van der Waals surface area contributed by atoms with Crippen molar-refractivity contribution in [3.8, 4) is 11.5 Å². The number of anilines is 3. The second-order valence-corrected chi connectivity index (χ2v) is 17.0. The zero-order valence-electron chi connectivity index (χ0n) is 36.1. The van der Waals surface area contributed by atoms with Gasteiger partial charge in [0.05, 0.1) is 29.7 Å². The number of aliphatic hydroxyl groups is 1. The third kappa shape index (κ3) is 8.40. The Morgan fingerprint density at radius 3 is 1.76 bits per heavy atom. The third-order valence-corrected chi connectivity index (χ3v) is 12.6. The Hall–Kier alpha value is -6.15. The number of ether oxygens (including phenoxy) is 2. The van der Waals surface area contributed by atoms with Gasteiger partial charge in [-0.25, -0.2) is 0 Å². The van der Waals surface area contributed by atoms with Crippen LogP contribution in [0.25, 0.3) is 32.7 Å². The molecule has 62 heavy (non-hydrogen) atoms. The van der Waals surface area contributed by atoms with E-state index in [0.29, 0.717) is 34.9 Å². The second kappa shape index (κ2) is 18.9. The van der Waals surface area contributed by atoms with E-state index in [2.05, 4.69) is 72.0 Å². The molecule has 2 aliphatic heterocycles. The van der Waals surface area contributed by atoms with Gasteiger partial charge < -0.3 is 35.2 Å². The Balaban J connectivity index is 0.993. The Labute approximate surface area is 365 Å². The molecule has 10 heteroatoms. The molecular formula is C52H56B2N4O4. The van der Waals surface area contributed by atoms with Gasteiger partial charge in [0.15, 0.2) is 0 Å². The largest absolute Gasteiger partial charge is 0.506 e.